The highest BCUT2D eigenvalue weighted by Crippen LogP contribution is 2.22. The Morgan fingerprint density at radius 2 is 2.21 bits per heavy atom. The molecule has 1 aromatic carbocycles. The van der Waals surface area contributed by atoms with Gasteiger partial charge in [-0.1, -0.05) is 15.9 Å². The van der Waals surface area contributed by atoms with E-state index in [0.29, 0.717) is 12.0 Å². The SMILES string of the molecule is Cc1cc(C(Cc2cc(Br)ccc2F)NN)nn1C. The van der Waals surface area contributed by atoms with E-state index in [1.165, 1.54) is 6.07 Å². The molecule has 19 heavy (non-hydrogen) atoms. The average Bonchev–Trinajstić information content (AvgIpc) is 2.70. The molecule has 0 bridgehead atoms. The van der Waals surface area contributed by atoms with Crippen LogP contribution in [0.25, 0.3) is 0 Å². The predicted molar refractivity (Wildman–Crippen MR) is 75.8 cm³/mol. The van der Waals surface area contributed by atoms with Crippen molar-refractivity contribution in [3.63, 3.8) is 0 Å². The van der Waals surface area contributed by atoms with Crippen molar-refractivity contribution in [3.8, 4) is 0 Å². The summed E-state index contributed by atoms with van der Waals surface area (Å²) in [6.07, 6.45) is 0.443. The van der Waals surface area contributed by atoms with Crippen LogP contribution in [-0.4, -0.2) is 9.78 Å². The highest BCUT2D eigenvalue weighted by atomic mass is 79.9. The van der Waals surface area contributed by atoms with Crippen molar-refractivity contribution >= 4 is 15.9 Å². The smallest absolute Gasteiger partial charge is 0.126 e. The minimum atomic E-state index is -0.240. The van der Waals surface area contributed by atoms with Gasteiger partial charge in [-0.2, -0.15) is 5.10 Å². The Balaban J connectivity index is 2.26. The maximum absolute atomic E-state index is 13.8. The van der Waals surface area contributed by atoms with E-state index in [4.69, 9.17) is 5.84 Å². The molecule has 4 nitrogen and oxygen atoms in total. The van der Waals surface area contributed by atoms with Crippen LogP contribution >= 0.6 is 15.9 Å². The number of nitrogens with zero attached hydrogens (tertiary/aromatic N) is 2. The van der Waals surface area contributed by atoms with Gasteiger partial charge in [-0.05, 0) is 43.2 Å². The van der Waals surface area contributed by atoms with Gasteiger partial charge in [-0.15, -0.1) is 0 Å². The highest BCUT2D eigenvalue weighted by molar-refractivity contribution is 9.10. The zero-order valence-electron chi connectivity index (χ0n) is 10.8. The van der Waals surface area contributed by atoms with Crippen LogP contribution in [0.5, 0.6) is 0 Å². The number of hydrogen-bond acceptors (Lipinski definition) is 3. The Morgan fingerprint density at radius 1 is 1.47 bits per heavy atom. The number of aromatic nitrogens is 2. The fourth-order valence-corrected chi connectivity index (χ4v) is 2.34. The van der Waals surface area contributed by atoms with Crippen molar-refractivity contribution in [2.75, 3.05) is 0 Å². The van der Waals surface area contributed by atoms with Gasteiger partial charge in [0.15, 0.2) is 0 Å². The second kappa shape index (κ2) is 5.81. The van der Waals surface area contributed by atoms with Gasteiger partial charge in [0.1, 0.15) is 5.82 Å². The molecule has 102 valence electrons. The molecule has 1 unspecified atom stereocenters. The summed E-state index contributed by atoms with van der Waals surface area (Å²) in [4.78, 5) is 0. The summed E-state index contributed by atoms with van der Waals surface area (Å²) in [7, 11) is 1.87. The molecule has 2 aromatic rings. The monoisotopic (exact) mass is 326 g/mol. The first kappa shape index (κ1) is 14.2. The van der Waals surface area contributed by atoms with E-state index >= 15 is 0 Å². The predicted octanol–water partition coefficient (Wildman–Crippen LogP) is 2.38. The van der Waals surface area contributed by atoms with Gasteiger partial charge in [0, 0.05) is 17.2 Å². The van der Waals surface area contributed by atoms with Gasteiger partial charge in [0.25, 0.3) is 0 Å². The van der Waals surface area contributed by atoms with Crippen LogP contribution in [0.2, 0.25) is 0 Å². The zero-order chi connectivity index (χ0) is 14.0. The summed E-state index contributed by atoms with van der Waals surface area (Å²) in [5.74, 6) is 5.33. The highest BCUT2D eigenvalue weighted by Gasteiger charge is 2.17. The maximum atomic E-state index is 13.8. The standard InChI is InChI=1S/C13H16BrFN4/c1-8-5-13(18-19(8)2)12(17-16)7-9-6-10(14)3-4-11(9)15/h3-6,12,17H,7,16H2,1-2H3. The molecule has 1 atom stereocenters. The molecule has 0 saturated heterocycles. The van der Waals surface area contributed by atoms with Gasteiger partial charge in [-0.25, -0.2) is 4.39 Å². The van der Waals surface area contributed by atoms with E-state index in [1.807, 2.05) is 20.0 Å². The van der Waals surface area contributed by atoms with E-state index < -0.39 is 0 Å². The van der Waals surface area contributed by atoms with E-state index in [2.05, 4.69) is 26.5 Å². The molecule has 0 radical (unpaired) electrons. The van der Waals surface area contributed by atoms with Crippen molar-refractivity contribution in [1.29, 1.82) is 0 Å². The number of benzene rings is 1. The lowest BCUT2D eigenvalue weighted by molar-refractivity contribution is 0.512. The maximum Gasteiger partial charge on any atom is 0.126 e. The number of nitrogens with two attached hydrogens (primary N) is 1. The van der Waals surface area contributed by atoms with Gasteiger partial charge in [-0.3, -0.25) is 16.0 Å². The molecule has 0 amide bonds. The average molecular weight is 327 g/mol. The quantitative estimate of drug-likeness (QED) is 0.670. The fourth-order valence-electron chi connectivity index (χ4n) is 1.93. The minimum absolute atomic E-state index is 0.219. The number of hydrogen-bond donors (Lipinski definition) is 2. The van der Waals surface area contributed by atoms with Gasteiger partial charge < -0.3 is 0 Å². The Bertz CT molecular complexity index is 563. The number of halogens is 2. The molecule has 0 aliphatic heterocycles. The Morgan fingerprint density at radius 3 is 2.79 bits per heavy atom. The summed E-state index contributed by atoms with van der Waals surface area (Å²) in [6, 6.07) is 6.60. The minimum Gasteiger partial charge on any atom is -0.273 e. The summed E-state index contributed by atoms with van der Waals surface area (Å²) in [5, 5.41) is 4.37. The molecule has 3 N–H and O–H groups in total. The van der Waals surface area contributed by atoms with Gasteiger partial charge in [0.2, 0.25) is 0 Å². The van der Waals surface area contributed by atoms with Crippen LogP contribution in [0, 0.1) is 12.7 Å². The number of hydrazine groups is 1. The third-order valence-electron chi connectivity index (χ3n) is 3.12. The van der Waals surface area contributed by atoms with E-state index in [0.717, 1.165) is 15.9 Å². The number of aryl methyl sites for hydroxylation is 2. The third kappa shape index (κ3) is 3.20. The molecule has 2 rings (SSSR count). The number of nitrogens with one attached hydrogen (secondary N) is 1. The third-order valence-corrected chi connectivity index (χ3v) is 3.62. The lowest BCUT2D eigenvalue weighted by Crippen LogP contribution is -2.30. The lowest BCUT2D eigenvalue weighted by atomic mass is 10.0. The molecule has 0 aliphatic carbocycles. The van der Waals surface area contributed by atoms with Crippen molar-refractivity contribution in [3.05, 3.63) is 51.5 Å². The summed E-state index contributed by atoms with van der Waals surface area (Å²) >= 11 is 3.34. The second-order valence-electron chi connectivity index (χ2n) is 4.49. The van der Waals surface area contributed by atoms with Crippen molar-refractivity contribution < 1.29 is 4.39 Å². The van der Waals surface area contributed by atoms with Crippen molar-refractivity contribution in [2.45, 2.75) is 19.4 Å². The summed E-state index contributed by atoms with van der Waals surface area (Å²) in [5.41, 5.74) is 5.13. The molecular weight excluding hydrogens is 311 g/mol. The number of rotatable bonds is 4. The van der Waals surface area contributed by atoms with E-state index in [-0.39, 0.29) is 11.9 Å². The molecule has 0 spiro atoms. The first-order valence-electron chi connectivity index (χ1n) is 5.92. The van der Waals surface area contributed by atoms with Crippen LogP contribution in [-0.2, 0) is 13.5 Å². The molecule has 1 aromatic heterocycles. The zero-order valence-corrected chi connectivity index (χ0v) is 12.4. The molecule has 0 saturated carbocycles. The van der Waals surface area contributed by atoms with Gasteiger partial charge in [0.05, 0.1) is 11.7 Å². The van der Waals surface area contributed by atoms with Crippen molar-refractivity contribution in [1.82, 2.24) is 15.2 Å². The first-order chi connectivity index (χ1) is 9.01. The fraction of sp³-hybridized carbons (Fsp3) is 0.308. The molecular formula is C13H16BrFN4. The molecule has 6 heteroatoms. The lowest BCUT2D eigenvalue weighted by Gasteiger charge is -2.14. The van der Waals surface area contributed by atoms with Crippen molar-refractivity contribution in [2.24, 2.45) is 12.9 Å². The largest absolute Gasteiger partial charge is 0.273 e. The first-order valence-corrected chi connectivity index (χ1v) is 6.71. The Labute approximate surface area is 119 Å². The normalized spacial score (nSPS) is 12.7. The second-order valence-corrected chi connectivity index (χ2v) is 5.41. The molecule has 0 fully saturated rings. The summed E-state index contributed by atoms with van der Waals surface area (Å²) in [6.45, 7) is 1.96. The Kier molecular flexibility index (Phi) is 4.34. The summed E-state index contributed by atoms with van der Waals surface area (Å²) < 4.78 is 16.4. The van der Waals surface area contributed by atoms with Gasteiger partial charge >= 0.3 is 0 Å². The van der Waals surface area contributed by atoms with Crippen LogP contribution in [0.1, 0.15) is 23.0 Å². The van der Waals surface area contributed by atoms with Crippen LogP contribution in [0.3, 0.4) is 0 Å². The van der Waals surface area contributed by atoms with Crippen LogP contribution in [0.15, 0.2) is 28.7 Å². The topological polar surface area (TPSA) is 55.9 Å². The Hall–Kier alpha value is -1.24. The van der Waals surface area contributed by atoms with E-state index in [1.54, 1.807) is 16.8 Å². The molecule has 0 aliphatic rings. The van der Waals surface area contributed by atoms with Crippen LogP contribution in [0.4, 0.5) is 4.39 Å². The van der Waals surface area contributed by atoms with E-state index in [9.17, 15) is 4.39 Å². The molecule has 1 heterocycles. The van der Waals surface area contributed by atoms with Crippen LogP contribution < -0.4 is 11.3 Å².